The molecule has 1 atom stereocenters. The van der Waals surface area contributed by atoms with E-state index in [0.29, 0.717) is 11.1 Å². The minimum absolute atomic E-state index is 0.0295. The van der Waals surface area contributed by atoms with Crippen LogP contribution in [-0.2, 0) is 24.2 Å². The van der Waals surface area contributed by atoms with Crippen LogP contribution in [0.25, 0.3) is 10.9 Å². The second kappa shape index (κ2) is 6.75. The molecule has 0 fully saturated rings. The van der Waals surface area contributed by atoms with Gasteiger partial charge in [-0.3, -0.25) is 9.59 Å². The molecule has 0 bridgehead atoms. The third-order valence-electron chi connectivity index (χ3n) is 5.06. The number of amides is 1. The molecule has 4 nitrogen and oxygen atoms in total. The van der Waals surface area contributed by atoms with Crippen molar-refractivity contribution in [1.29, 1.82) is 0 Å². The second-order valence-corrected chi connectivity index (χ2v) is 6.78. The number of benzene rings is 2. The lowest BCUT2D eigenvalue weighted by atomic mass is 9.83. The van der Waals surface area contributed by atoms with Crippen LogP contribution in [-0.4, -0.2) is 10.9 Å². The first-order valence-corrected chi connectivity index (χ1v) is 8.76. The minimum atomic E-state index is -0.396. The highest BCUT2D eigenvalue weighted by Gasteiger charge is 2.24. The minimum Gasteiger partial charge on any atom is -0.352 e. The molecule has 0 saturated heterocycles. The summed E-state index contributed by atoms with van der Waals surface area (Å²) in [6, 6.07) is 14.2. The SMILES string of the molecule is O=C(NCc1cc2ccc(F)cc2[nH]c1=O)C1CCc2ccccc2C1. The first-order chi connectivity index (χ1) is 12.6. The van der Waals surface area contributed by atoms with Crippen LogP contribution in [0.1, 0.15) is 23.1 Å². The van der Waals surface area contributed by atoms with Gasteiger partial charge in [-0.25, -0.2) is 4.39 Å². The third kappa shape index (κ3) is 3.25. The summed E-state index contributed by atoms with van der Waals surface area (Å²) in [5.74, 6) is -0.497. The summed E-state index contributed by atoms with van der Waals surface area (Å²) in [7, 11) is 0. The predicted molar refractivity (Wildman–Crippen MR) is 98.3 cm³/mol. The first kappa shape index (κ1) is 16.5. The molecule has 2 aromatic carbocycles. The van der Waals surface area contributed by atoms with Crippen molar-refractivity contribution < 1.29 is 9.18 Å². The van der Waals surface area contributed by atoms with Gasteiger partial charge in [0, 0.05) is 18.0 Å². The Labute approximate surface area is 150 Å². The Morgan fingerprint density at radius 2 is 1.96 bits per heavy atom. The Morgan fingerprint density at radius 3 is 2.81 bits per heavy atom. The summed E-state index contributed by atoms with van der Waals surface area (Å²) in [4.78, 5) is 27.4. The zero-order valence-corrected chi connectivity index (χ0v) is 14.2. The summed E-state index contributed by atoms with van der Waals surface area (Å²) in [5, 5.41) is 3.62. The Hall–Kier alpha value is -2.95. The van der Waals surface area contributed by atoms with E-state index in [9.17, 15) is 14.0 Å². The highest BCUT2D eigenvalue weighted by molar-refractivity contribution is 5.80. The standard InChI is InChI=1S/C21H19FN2O2/c22-18-8-7-15-10-17(21(26)24-19(15)11-18)12-23-20(25)16-6-5-13-3-1-2-4-14(13)9-16/h1-4,7-8,10-11,16H,5-6,9,12H2,(H,23,25)(H,24,26). The van der Waals surface area contributed by atoms with Gasteiger partial charge in [0.05, 0.1) is 5.52 Å². The summed E-state index contributed by atoms with van der Waals surface area (Å²) in [5.41, 5.74) is 3.15. The van der Waals surface area contributed by atoms with Gasteiger partial charge in [0.1, 0.15) is 5.82 Å². The number of carbonyl (C=O) groups excluding carboxylic acids is 1. The molecule has 132 valence electrons. The number of rotatable bonds is 3. The van der Waals surface area contributed by atoms with Crippen LogP contribution >= 0.6 is 0 Å². The van der Waals surface area contributed by atoms with Crippen molar-refractivity contribution in [3.8, 4) is 0 Å². The van der Waals surface area contributed by atoms with Crippen LogP contribution in [0.3, 0.4) is 0 Å². The predicted octanol–water partition coefficient (Wildman–Crippen LogP) is 3.09. The Balaban J connectivity index is 1.46. The van der Waals surface area contributed by atoms with E-state index < -0.39 is 5.82 Å². The first-order valence-electron chi connectivity index (χ1n) is 8.76. The molecule has 4 rings (SSSR count). The smallest absolute Gasteiger partial charge is 0.253 e. The number of pyridine rings is 1. The summed E-state index contributed by atoms with van der Waals surface area (Å²) >= 11 is 0. The third-order valence-corrected chi connectivity index (χ3v) is 5.06. The van der Waals surface area contributed by atoms with Crippen LogP contribution in [0, 0.1) is 11.7 Å². The van der Waals surface area contributed by atoms with Crippen LogP contribution in [0.2, 0.25) is 0 Å². The maximum absolute atomic E-state index is 13.3. The topological polar surface area (TPSA) is 62.0 Å². The zero-order chi connectivity index (χ0) is 18.1. The number of carbonyl (C=O) groups is 1. The molecule has 1 amide bonds. The fourth-order valence-electron chi connectivity index (χ4n) is 3.60. The van der Waals surface area contributed by atoms with E-state index in [1.54, 1.807) is 12.1 Å². The van der Waals surface area contributed by atoms with Gasteiger partial charge in [-0.1, -0.05) is 24.3 Å². The van der Waals surface area contributed by atoms with Crippen molar-refractivity contribution in [2.24, 2.45) is 5.92 Å². The molecule has 0 saturated carbocycles. The fraction of sp³-hybridized carbons (Fsp3) is 0.238. The normalized spacial score (nSPS) is 16.3. The van der Waals surface area contributed by atoms with Crippen molar-refractivity contribution in [3.63, 3.8) is 0 Å². The maximum atomic E-state index is 13.3. The van der Waals surface area contributed by atoms with Crippen LogP contribution < -0.4 is 10.9 Å². The van der Waals surface area contributed by atoms with Crippen LogP contribution in [0.15, 0.2) is 53.3 Å². The zero-order valence-electron chi connectivity index (χ0n) is 14.2. The molecule has 26 heavy (non-hydrogen) atoms. The summed E-state index contributed by atoms with van der Waals surface area (Å²) in [6.45, 7) is 0.166. The number of halogens is 1. The van der Waals surface area contributed by atoms with Crippen LogP contribution in [0.4, 0.5) is 4.39 Å². The Morgan fingerprint density at radius 1 is 1.15 bits per heavy atom. The van der Waals surface area contributed by atoms with E-state index in [4.69, 9.17) is 0 Å². The Bertz CT molecular complexity index is 1040. The van der Waals surface area contributed by atoms with Crippen LogP contribution in [0.5, 0.6) is 0 Å². The monoisotopic (exact) mass is 350 g/mol. The highest BCUT2D eigenvalue weighted by atomic mass is 19.1. The van der Waals surface area contributed by atoms with Gasteiger partial charge >= 0.3 is 0 Å². The lowest BCUT2D eigenvalue weighted by Gasteiger charge is -2.23. The number of fused-ring (bicyclic) bond motifs is 2. The average Bonchev–Trinajstić information content (AvgIpc) is 2.65. The van der Waals surface area contributed by atoms with Crippen molar-refractivity contribution in [3.05, 3.63) is 81.4 Å². The van der Waals surface area contributed by atoms with E-state index in [-0.39, 0.29) is 23.9 Å². The number of H-pyrrole nitrogens is 1. The van der Waals surface area contributed by atoms with Gasteiger partial charge in [0.15, 0.2) is 0 Å². The largest absolute Gasteiger partial charge is 0.352 e. The number of aromatic amines is 1. The number of hydrogen-bond donors (Lipinski definition) is 2. The average molecular weight is 350 g/mol. The molecule has 5 heteroatoms. The molecule has 1 aliphatic rings. The quantitative estimate of drug-likeness (QED) is 0.762. The van der Waals surface area contributed by atoms with Gasteiger partial charge in [0.2, 0.25) is 5.91 Å². The van der Waals surface area contributed by atoms with E-state index >= 15 is 0 Å². The van der Waals surface area contributed by atoms with Gasteiger partial charge in [-0.15, -0.1) is 0 Å². The number of aromatic nitrogens is 1. The highest BCUT2D eigenvalue weighted by Crippen LogP contribution is 2.25. The maximum Gasteiger partial charge on any atom is 0.253 e. The second-order valence-electron chi connectivity index (χ2n) is 6.78. The number of nitrogens with one attached hydrogen (secondary N) is 2. The number of aryl methyl sites for hydroxylation is 1. The molecule has 2 N–H and O–H groups in total. The van der Waals surface area contributed by atoms with Crippen molar-refractivity contribution in [2.75, 3.05) is 0 Å². The van der Waals surface area contributed by atoms with E-state index in [1.165, 1.54) is 23.3 Å². The fourth-order valence-corrected chi connectivity index (χ4v) is 3.60. The van der Waals surface area contributed by atoms with Crippen molar-refractivity contribution in [1.82, 2.24) is 10.3 Å². The van der Waals surface area contributed by atoms with E-state index in [1.807, 2.05) is 12.1 Å². The molecule has 1 heterocycles. The van der Waals surface area contributed by atoms with Gasteiger partial charge < -0.3 is 10.3 Å². The molecule has 0 spiro atoms. The molecular formula is C21H19FN2O2. The molecular weight excluding hydrogens is 331 g/mol. The molecule has 3 aromatic rings. The Kier molecular flexibility index (Phi) is 4.29. The lowest BCUT2D eigenvalue weighted by Crippen LogP contribution is -2.35. The summed E-state index contributed by atoms with van der Waals surface area (Å²) < 4.78 is 13.3. The van der Waals surface area contributed by atoms with Gasteiger partial charge in [-0.05, 0) is 60.0 Å². The number of hydrogen-bond acceptors (Lipinski definition) is 2. The molecule has 0 aliphatic heterocycles. The van der Waals surface area contributed by atoms with Crippen molar-refractivity contribution in [2.45, 2.75) is 25.8 Å². The molecule has 1 unspecified atom stereocenters. The van der Waals surface area contributed by atoms with Crippen molar-refractivity contribution >= 4 is 16.8 Å². The lowest BCUT2D eigenvalue weighted by molar-refractivity contribution is -0.125. The van der Waals surface area contributed by atoms with Gasteiger partial charge in [0.25, 0.3) is 5.56 Å². The molecule has 0 radical (unpaired) electrons. The summed E-state index contributed by atoms with van der Waals surface area (Å²) in [6.07, 6.45) is 2.45. The molecule has 1 aromatic heterocycles. The van der Waals surface area contributed by atoms with Gasteiger partial charge in [-0.2, -0.15) is 0 Å². The molecule has 1 aliphatic carbocycles. The van der Waals surface area contributed by atoms with E-state index in [2.05, 4.69) is 22.4 Å². The van der Waals surface area contributed by atoms with E-state index in [0.717, 1.165) is 24.6 Å².